The van der Waals surface area contributed by atoms with Crippen LogP contribution in [0.2, 0.25) is 0 Å². The average molecular weight is 513 g/mol. The highest BCUT2D eigenvalue weighted by molar-refractivity contribution is 8.27. The fourth-order valence-electron chi connectivity index (χ4n) is 4.61. The minimum atomic E-state index is -0.486. The number of ether oxygens (including phenoxy) is 1. The van der Waals surface area contributed by atoms with E-state index in [0.717, 1.165) is 28.2 Å². The summed E-state index contributed by atoms with van der Waals surface area (Å²) in [7, 11) is 0. The van der Waals surface area contributed by atoms with Gasteiger partial charge in [0.1, 0.15) is 5.04 Å². The number of thioether (sulfide) groups is 1. The lowest BCUT2D eigenvalue weighted by Crippen LogP contribution is -2.41. The van der Waals surface area contributed by atoms with E-state index in [1.165, 1.54) is 10.6 Å². The SMILES string of the molecule is N=C1/C(=C/c2cn(Cc3ccccc3)c3ccccc23)C(=O)N=C2SC(CC(=O)N3CCOCC3)=NN12. The maximum absolute atomic E-state index is 13.0. The number of rotatable bonds is 5. The molecule has 2 aromatic carbocycles. The zero-order valence-corrected chi connectivity index (χ0v) is 20.8. The van der Waals surface area contributed by atoms with Gasteiger partial charge in [-0.1, -0.05) is 48.5 Å². The summed E-state index contributed by atoms with van der Waals surface area (Å²) in [5.74, 6) is -0.578. The van der Waals surface area contributed by atoms with E-state index in [1.54, 1.807) is 11.0 Å². The van der Waals surface area contributed by atoms with Gasteiger partial charge in [0.05, 0.1) is 25.2 Å². The summed E-state index contributed by atoms with van der Waals surface area (Å²) < 4.78 is 7.45. The maximum Gasteiger partial charge on any atom is 0.283 e. The number of nitrogens with zero attached hydrogens (tertiary/aromatic N) is 5. The van der Waals surface area contributed by atoms with Crippen LogP contribution in [-0.2, 0) is 20.9 Å². The zero-order valence-electron chi connectivity index (χ0n) is 20.0. The van der Waals surface area contributed by atoms with Gasteiger partial charge in [-0.25, -0.2) is 0 Å². The van der Waals surface area contributed by atoms with Gasteiger partial charge in [-0.2, -0.15) is 15.1 Å². The summed E-state index contributed by atoms with van der Waals surface area (Å²) in [6.07, 6.45) is 3.82. The van der Waals surface area contributed by atoms with Gasteiger partial charge in [0, 0.05) is 42.3 Å². The maximum atomic E-state index is 13.0. The molecule has 3 aliphatic heterocycles. The summed E-state index contributed by atoms with van der Waals surface area (Å²) in [4.78, 5) is 31.6. The molecule has 0 saturated carbocycles. The van der Waals surface area contributed by atoms with Gasteiger partial charge < -0.3 is 14.2 Å². The number of fused-ring (bicyclic) bond motifs is 2. The number of amides is 2. The number of carbonyl (C=O) groups is 2. The van der Waals surface area contributed by atoms with Crippen LogP contribution < -0.4 is 0 Å². The molecule has 3 aromatic rings. The Hall–Kier alpha value is -4.02. The van der Waals surface area contributed by atoms with Crippen LogP contribution in [0.4, 0.5) is 0 Å². The fraction of sp³-hybridized carbons (Fsp3) is 0.222. The summed E-state index contributed by atoms with van der Waals surface area (Å²) in [6, 6.07) is 18.2. The van der Waals surface area contributed by atoms with Crippen molar-refractivity contribution in [1.29, 1.82) is 5.41 Å². The molecule has 2 amide bonds. The van der Waals surface area contributed by atoms with Gasteiger partial charge in [-0.3, -0.25) is 15.0 Å². The Balaban J connectivity index is 1.27. The van der Waals surface area contributed by atoms with Crippen molar-refractivity contribution in [2.75, 3.05) is 26.3 Å². The molecule has 6 rings (SSSR count). The van der Waals surface area contributed by atoms with E-state index in [2.05, 4.69) is 26.8 Å². The molecule has 1 fully saturated rings. The summed E-state index contributed by atoms with van der Waals surface area (Å²) >= 11 is 1.16. The molecule has 0 atom stereocenters. The molecule has 1 N–H and O–H groups in total. The molecular weight excluding hydrogens is 488 g/mol. The number of benzene rings is 2. The Morgan fingerprint density at radius 3 is 2.65 bits per heavy atom. The van der Waals surface area contributed by atoms with Crippen LogP contribution in [0.25, 0.3) is 17.0 Å². The number of hydrogen-bond acceptors (Lipinski definition) is 6. The molecule has 9 nitrogen and oxygen atoms in total. The van der Waals surface area contributed by atoms with Crippen molar-refractivity contribution in [3.63, 3.8) is 0 Å². The van der Waals surface area contributed by atoms with Gasteiger partial charge in [0.2, 0.25) is 11.1 Å². The number of amidine groups is 2. The monoisotopic (exact) mass is 512 g/mol. The van der Waals surface area contributed by atoms with Crippen molar-refractivity contribution >= 4 is 56.6 Å². The first-order chi connectivity index (χ1) is 18.1. The number of aliphatic imine (C=N–C) groups is 1. The molecule has 4 heterocycles. The average Bonchev–Trinajstić information content (AvgIpc) is 3.48. The lowest BCUT2D eigenvalue weighted by atomic mass is 10.1. The third-order valence-corrected chi connectivity index (χ3v) is 7.39. The molecule has 0 aliphatic carbocycles. The van der Waals surface area contributed by atoms with Gasteiger partial charge in [-0.05, 0) is 29.5 Å². The van der Waals surface area contributed by atoms with Crippen molar-refractivity contribution in [1.82, 2.24) is 14.5 Å². The molecule has 3 aliphatic rings. The highest BCUT2D eigenvalue weighted by Crippen LogP contribution is 2.31. The number of nitrogens with one attached hydrogen (secondary N) is 1. The van der Waals surface area contributed by atoms with Crippen LogP contribution in [-0.4, -0.2) is 68.6 Å². The van der Waals surface area contributed by atoms with Gasteiger partial charge in [0.15, 0.2) is 5.84 Å². The second-order valence-electron chi connectivity index (χ2n) is 8.90. The Kier molecular flexibility index (Phi) is 6.19. The van der Waals surface area contributed by atoms with Gasteiger partial charge in [-0.15, -0.1) is 0 Å². The predicted octanol–water partition coefficient (Wildman–Crippen LogP) is 3.56. The molecular formula is C27H24N6O3S. The Labute approximate surface area is 217 Å². The molecule has 0 spiro atoms. The predicted molar refractivity (Wildman–Crippen MR) is 145 cm³/mol. The van der Waals surface area contributed by atoms with E-state index in [9.17, 15) is 9.59 Å². The summed E-state index contributed by atoms with van der Waals surface area (Å²) in [6.45, 7) is 2.85. The van der Waals surface area contributed by atoms with Gasteiger partial charge >= 0.3 is 0 Å². The van der Waals surface area contributed by atoms with E-state index in [1.807, 2.05) is 48.7 Å². The Morgan fingerprint density at radius 2 is 1.84 bits per heavy atom. The van der Waals surface area contributed by atoms with E-state index in [0.29, 0.717) is 43.1 Å². The lowest BCUT2D eigenvalue weighted by molar-refractivity contribution is -0.133. The van der Waals surface area contributed by atoms with E-state index >= 15 is 0 Å². The van der Waals surface area contributed by atoms with Crippen molar-refractivity contribution in [2.24, 2.45) is 10.1 Å². The van der Waals surface area contributed by atoms with Crippen LogP contribution >= 0.6 is 11.8 Å². The number of carbonyl (C=O) groups excluding carboxylic acids is 2. The second-order valence-corrected chi connectivity index (χ2v) is 9.94. The minimum Gasteiger partial charge on any atom is -0.378 e. The van der Waals surface area contributed by atoms with Crippen molar-refractivity contribution in [3.05, 3.63) is 77.5 Å². The molecule has 1 aromatic heterocycles. The molecule has 0 unspecified atom stereocenters. The van der Waals surface area contributed by atoms with E-state index in [4.69, 9.17) is 10.1 Å². The van der Waals surface area contributed by atoms with Gasteiger partial charge in [0.25, 0.3) is 5.91 Å². The quantitative estimate of drug-likeness (QED) is 0.527. The van der Waals surface area contributed by atoms with Crippen LogP contribution in [0, 0.1) is 5.41 Å². The van der Waals surface area contributed by atoms with Crippen LogP contribution in [0.1, 0.15) is 17.5 Å². The molecule has 0 radical (unpaired) electrons. The first-order valence-electron chi connectivity index (χ1n) is 12.0. The molecule has 37 heavy (non-hydrogen) atoms. The van der Waals surface area contributed by atoms with Crippen molar-refractivity contribution in [2.45, 2.75) is 13.0 Å². The first kappa shape index (κ1) is 23.4. The van der Waals surface area contributed by atoms with Crippen LogP contribution in [0.3, 0.4) is 0 Å². The highest BCUT2D eigenvalue weighted by Gasteiger charge is 2.36. The fourth-order valence-corrected chi connectivity index (χ4v) is 5.49. The highest BCUT2D eigenvalue weighted by atomic mass is 32.2. The third-order valence-electron chi connectivity index (χ3n) is 6.48. The number of hydrogen-bond donors (Lipinski definition) is 1. The van der Waals surface area contributed by atoms with E-state index in [-0.39, 0.29) is 23.7 Å². The topological polar surface area (TPSA) is 103 Å². The lowest BCUT2D eigenvalue weighted by Gasteiger charge is -2.26. The second kappa shape index (κ2) is 9.79. The third kappa shape index (κ3) is 4.61. The van der Waals surface area contributed by atoms with Crippen molar-refractivity contribution < 1.29 is 14.3 Å². The summed E-state index contributed by atoms with van der Waals surface area (Å²) in [5, 5.41) is 16.4. The largest absolute Gasteiger partial charge is 0.378 e. The van der Waals surface area contributed by atoms with Crippen molar-refractivity contribution in [3.8, 4) is 0 Å². The van der Waals surface area contributed by atoms with E-state index < -0.39 is 5.91 Å². The van der Waals surface area contributed by atoms with Crippen LogP contribution in [0.5, 0.6) is 0 Å². The molecule has 1 saturated heterocycles. The molecule has 0 bridgehead atoms. The first-order valence-corrected chi connectivity index (χ1v) is 12.8. The van der Waals surface area contributed by atoms with Crippen LogP contribution in [0.15, 0.2) is 76.5 Å². The number of aromatic nitrogens is 1. The smallest absolute Gasteiger partial charge is 0.283 e. The molecule has 186 valence electrons. The number of hydrazone groups is 1. The normalized spacial score (nSPS) is 18.9. The molecule has 10 heteroatoms. The summed E-state index contributed by atoms with van der Waals surface area (Å²) in [5.41, 5.74) is 3.20. The number of morpholine rings is 1. The zero-order chi connectivity index (χ0) is 25.4. The Morgan fingerprint density at radius 1 is 1.08 bits per heavy atom. The standard InChI is InChI=1S/C27H24N6O3S/c28-25-21(14-19-17-32(16-18-6-2-1-3-7-18)22-9-5-4-8-20(19)22)26(35)29-27-33(25)30-23(37-27)15-24(34)31-10-12-36-13-11-31/h1-9,14,17,28H,10-13,15-16H2/b21-14-,28-25?. The number of para-hydroxylation sites is 1. The minimum absolute atomic E-state index is 0.0452. The Bertz CT molecular complexity index is 1500.